The van der Waals surface area contributed by atoms with Gasteiger partial charge < -0.3 is 9.40 Å². The number of Topliss-reactive ketones (excluding diaryl/α,β-unsaturated/α-hetero) is 1. The first-order valence-electron chi connectivity index (χ1n) is 8.94. The number of H-pyrrole nitrogens is 1. The quantitative estimate of drug-likeness (QED) is 0.693. The highest BCUT2D eigenvalue weighted by atomic mass is 16.3. The highest BCUT2D eigenvalue weighted by Crippen LogP contribution is 2.25. The number of aromatic amines is 1. The van der Waals surface area contributed by atoms with E-state index in [2.05, 4.69) is 4.98 Å². The summed E-state index contributed by atoms with van der Waals surface area (Å²) in [5.74, 6) is 1.70. The Bertz CT molecular complexity index is 951. The standard InChI is InChI=1S/C22H23NO3/c1-3-17-14-20(15(2)23-22(17)25)21-12-11-19(26-21)10-9-18(24)13-16-7-5-4-6-8-16/h4-8,11-12,14H,3,9-10,13H2,1-2H3,(H,23,25). The van der Waals surface area contributed by atoms with E-state index in [9.17, 15) is 9.59 Å². The van der Waals surface area contributed by atoms with E-state index in [0.717, 1.165) is 33.9 Å². The summed E-state index contributed by atoms with van der Waals surface area (Å²) >= 11 is 0. The number of carbonyl (C=O) groups excluding carboxylic acids is 1. The van der Waals surface area contributed by atoms with Crippen LogP contribution in [0.4, 0.5) is 0 Å². The Kier molecular flexibility index (Phi) is 5.52. The minimum Gasteiger partial charge on any atom is -0.461 e. The SMILES string of the molecule is CCc1cc(-c2ccc(CCC(=O)Cc3ccccc3)o2)c(C)[nH]c1=O. The molecular formula is C22H23NO3. The van der Waals surface area contributed by atoms with Crippen molar-refractivity contribution in [2.24, 2.45) is 0 Å². The van der Waals surface area contributed by atoms with Crippen molar-refractivity contribution >= 4 is 5.78 Å². The van der Waals surface area contributed by atoms with Crippen LogP contribution >= 0.6 is 0 Å². The van der Waals surface area contributed by atoms with Gasteiger partial charge in [0, 0.05) is 36.1 Å². The maximum atomic E-state index is 12.2. The molecule has 134 valence electrons. The summed E-state index contributed by atoms with van der Waals surface area (Å²) in [6, 6.07) is 15.5. The van der Waals surface area contributed by atoms with E-state index in [-0.39, 0.29) is 11.3 Å². The van der Waals surface area contributed by atoms with E-state index in [1.807, 2.05) is 62.4 Å². The lowest BCUT2D eigenvalue weighted by Crippen LogP contribution is -2.13. The number of hydrogen-bond donors (Lipinski definition) is 1. The lowest BCUT2D eigenvalue weighted by molar-refractivity contribution is -0.118. The number of rotatable bonds is 7. The van der Waals surface area contributed by atoms with E-state index < -0.39 is 0 Å². The fourth-order valence-electron chi connectivity index (χ4n) is 3.02. The second-order valence-corrected chi connectivity index (χ2v) is 6.48. The fraction of sp³-hybridized carbons (Fsp3) is 0.273. The van der Waals surface area contributed by atoms with Gasteiger partial charge in [0.05, 0.1) is 0 Å². The molecule has 2 heterocycles. The molecular weight excluding hydrogens is 326 g/mol. The van der Waals surface area contributed by atoms with Crippen LogP contribution in [0.3, 0.4) is 0 Å². The minimum atomic E-state index is -0.0490. The van der Waals surface area contributed by atoms with Gasteiger partial charge in [0.25, 0.3) is 5.56 Å². The summed E-state index contributed by atoms with van der Waals surface area (Å²) in [4.78, 5) is 26.9. The molecule has 0 spiro atoms. The number of nitrogens with one attached hydrogen (secondary N) is 1. The Morgan fingerprint density at radius 3 is 2.62 bits per heavy atom. The zero-order valence-electron chi connectivity index (χ0n) is 15.2. The predicted molar refractivity (Wildman–Crippen MR) is 102 cm³/mol. The molecule has 4 heteroatoms. The summed E-state index contributed by atoms with van der Waals surface area (Å²) < 4.78 is 5.92. The van der Waals surface area contributed by atoms with Crippen molar-refractivity contribution in [3.8, 4) is 11.3 Å². The molecule has 2 aromatic heterocycles. The number of furan rings is 1. The van der Waals surface area contributed by atoms with Crippen LogP contribution in [0.25, 0.3) is 11.3 Å². The van der Waals surface area contributed by atoms with E-state index in [1.165, 1.54) is 0 Å². The molecule has 0 bridgehead atoms. The molecule has 0 aliphatic rings. The molecule has 3 rings (SSSR count). The van der Waals surface area contributed by atoms with Gasteiger partial charge in [-0.3, -0.25) is 9.59 Å². The van der Waals surface area contributed by atoms with Gasteiger partial charge >= 0.3 is 0 Å². The van der Waals surface area contributed by atoms with Gasteiger partial charge in [-0.05, 0) is 37.1 Å². The molecule has 0 radical (unpaired) electrons. The second-order valence-electron chi connectivity index (χ2n) is 6.48. The maximum Gasteiger partial charge on any atom is 0.251 e. The first-order valence-corrected chi connectivity index (χ1v) is 8.94. The minimum absolute atomic E-state index is 0.0490. The van der Waals surface area contributed by atoms with Crippen LogP contribution in [0.5, 0.6) is 0 Å². The maximum absolute atomic E-state index is 12.2. The van der Waals surface area contributed by atoms with Crippen molar-refractivity contribution in [2.75, 3.05) is 0 Å². The number of aryl methyl sites for hydroxylation is 3. The Morgan fingerprint density at radius 2 is 1.88 bits per heavy atom. The van der Waals surface area contributed by atoms with Crippen molar-refractivity contribution < 1.29 is 9.21 Å². The van der Waals surface area contributed by atoms with Crippen molar-refractivity contribution in [3.63, 3.8) is 0 Å². The van der Waals surface area contributed by atoms with Gasteiger partial charge in [-0.1, -0.05) is 37.3 Å². The topological polar surface area (TPSA) is 63.1 Å². The van der Waals surface area contributed by atoms with Crippen LogP contribution in [0.15, 0.2) is 57.7 Å². The van der Waals surface area contributed by atoms with Gasteiger partial charge in [0.15, 0.2) is 0 Å². The van der Waals surface area contributed by atoms with Crippen LogP contribution in [0.1, 0.15) is 35.9 Å². The number of pyridine rings is 1. The summed E-state index contributed by atoms with van der Waals surface area (Å²) in [6.45, 7) is 3.82. The Morgan fingerprint density at radius 1 is 1.12 bits per heavy atom. The van der Waals surface area contributed by atoms with Gasteiger partial charge in [0.2, 0.25) is 0 Å². The normalized spacial score (nSPS) is 10.8. The van der Waals surface area contributed by atoms with Crippen molar-refractivity contribution in [2.45, 2.75) is 39.5 Å². The zero-order valence-corrected chi connectivity index (χ0v) is 15.2. The van der Waals surface area contributed by atoms with Crippen molar-refractivity contribution in [1.29, 1.82) is 0 Å². The summed E-state index contributed by atoms with van der Waals surface area (Å²) in [5.41, 5.74) is 3.40. The van der Waals surface area contributed by atoms with Crippen molar-refractivity contribution in [3.05, 3.63) is 81.5 Å². The lowest BCUT2D eigenvalue weighted by Gasteiger charge is -2.05. The lowest BCUT2D eigenvalue weighted by atomic mass is 10.1. The fourth-order valence-corrected chi connectivity index (χ4v) is 3.02. The molecule has 1 N–H and O–H groups in total. The summed E-state index contributed by atoms with van der Waals surface area (Å²) in [7, 11) is 0. The van der Waals surface area contributed by atoms with Crippen LogP contribution in [-0.2, 0) is 24.1 Å². The van der Waals surface area contributed by atoms with Crippen LogP contribution in [0, 0.1) is 6.92 Å². The molecule has 0 saturated carbocycles. The molecule has 3 aromatic rings. The molecule has 0 aliphatic carbocycles. The van der Waals surface area contributed by atoms with E-state index >= 15 is 0 Å². The Labute approximate surface area is 152 Å². The third-order valence-electron chi connectivity index (χ3n) is 4.52. The highest BCUT2D eigenvalue weighted by molar-refractivity contribution is 5.81. The van der Waals surface area contributed by atoms with E-state index in [1.54, 1.807) is 0 Å². The van der Waals surface area contributed by atoms with Crippen LogP contribution in [0.2, 0.25) is 0 Å². The monoisotopic (exact) mass is 349 g/mol. The average molecular weight is 349 g/mol. The molecule has 0 atom stereocenters. The average Bonchev–Trinajstić information content (AvgIpc) is 3.10. The Hall–Kier alpha value is -2.88. The number of ketones is 1. The van der Waals surface area contributed by atoms with Crippen LogP contribution in [-0.4, -0.2) is 10.8 Å². The molecule has 0 saturated heterocycles. The van der Waals surface area contributed by atoms with E-state index in [4.69, 9.17) is 4.42 Å². The smallest absolute Gasteiger partial charge is 0.251 e. The number of hydrogen-bond acceptors (Lipinski definition) is 3. The number of aromatic nitrogens is 1. The number of carbonyl (C=O) groups is 1. The zero-order chi connectivity index (χ0) is 18.5. The summed E-state index contributed by atoms with van der Waals surface area (Å²) in [6.07, 6.45) is 2.15. The molecule has 26 heavy (non-hydrogen) atoms. The molecule has 4 nitrogen and oxygen atoms in total. The van der Waals surface area contributed by atoms with Gasteiger partial charge in [-0.15, -0.1) is 0 Å². The van der Waals surface area contributed by atoms with Crippen molar-refractivity contribution in [1.82, 2.24) is 4.98 Å². The first kappa shape index (κ1) is 17.9. The van der Waals surface area contributed by atoms with Gasteiger partial charge in [-0.25, -0.2) is 0 Å². The van der Waals surface area contributed by atoms with Gasteiger partial charge in [-0.2, -0.15) is 0 Å². The highest BCUT2D eigenvalue weighted by Gasteiger charge is 2.12. The molecule has 0 amide bonds. The molecule has 0 unspecified atom stereocenters. The first-order chi connectivity index (χ1) is 12.6. The third kappa shape index (κ3) is 4.20. The van der Waals surface area contributed by atoms with Crippen LogP contribution < -0.4 is 5.56 Å². The number of benzene rings is 1. The predicted octanol–water partition coefficient (Wildman–Crippen LogP) is 4.25. The largest absolute Gasteiger partial charge is 0.461 e. The summed E-state index contributed by atoms with van der Waals surface area (Å²) in [5, 5.41) is 0. The molecule has 0 aliphatic heterocycles. The Balaban J connectivity index is 1.67. The molecule has 1 aromatic carbocycles. The molecule has 0 fully saturated rings. The second kappa shape index (κ2) is 8.00. The third-order valence-corrected chi connectivity index (χ3v) is 4.52. The van der Waals surface area contributed by atoms with Gasteiger partial charge in [0.1, 0.15) is 17.3 Å². The van der Waals surface area contributed by atoms with E-state index in [0.29, 0.717) is 25.7 Å².